The lowest BCUT2D eigenvalue weighted by molar-refractivity contribution is -0.143. The average Bonchev–Trinajstić information content (AvgIpc) is 2.35. The Labute approximate surface area is 107 Å². The Bertz CT molecular complexity index is 422. The molecule has 2 N–H and O–H groups in total. The Morgan fingerprint density at radius 1 is 1.39 bits per heavy atom. The van der Waals surface area contributed by atoms with Crippen molar-refractivity contribution in [1.82, 2.24) is 9.97 Å². The maximum absolute atomic E-state index is 11.5. The molecule has 0 radical (unpaired) electrons. The molecule has 1 aliphatic rings. The quantitative estimate of drug-likeness (QED) is 0.859. The summed E-state index contributed by atoms with van der Waals surface area (Å²) in [4.78, 5) is 19.8. The zero-order valence-corrected chi connectivity index (χ0v) is 10.8. The number of carboxylic acid groups (broad SMARTS) is 1. The number of carboxylic acids is 1. The normalized spacial score (nSPS) is 27.8. The van der Waals surface area contributed by atoms with Crippen LogP contribution in [0.5, 0.6) is 0 Å². The smallest absolute Gasteiger partial charge is 0.329 e. The van der Waals surface area contributed by atoms with E-state index in [9.17, 15) is 9.90 Å². The summed E-state index contributed by atoms with van der Waals surface area (Å²) in [6, 6.07) is 0. The van der Waals surface area contributed by atoms with Gasteiger partial charge in [-0.05, 0) is 44.1 Å². The Balaban J connectivity index is 2.16. The van der Waals surface area contributed by atoms with E-state index < -0.39 is 11.5 Å². The first-order valence-corrected chi connectivity index (χ1v) is 6.32. The standard InChI is InChI=1S/C13H19N3O2/c1-9-3-5-13(6-4-9,11(17)18)16-12-14-7-10(2)8-15-12/h7-9H,3-6H2,1-2H3,(H,17,18)(H,14,15,16). The second kappa shape index (κ2) is 4.92. The number of rotatable bonds is 3. The van der Waals surface area contributed by atoms with Gasteiger partial charge in [0.05, 0.1) is 0 Å². The molecule has 1 aromatic rings. The zero-order chi connectivity index (χ0) is 13.2. The van der Waals surface area contributed by atoms with Crippen LogP contribution in [0.25, 0.3) is 0 Å². The molecule has 2 rings (SSSR count). The summed E-state index contributed by atoms with van der Waals surface area (Å²) >= 11 is 0. The van der Waals surface area contributed by atoms with E-state index >= 15 is 0 Å². The van der Waals surface area contributed by atoms with Gasteiger partial charge in [0.1, 0.15) is 5.54 Å². The predicted molar refractivity (Wildman–Crippen MR) is 68.4 cm³/mol. The second-order valence-electron chi connectivity index (χ2n) is 5.28. The highest BCUT2D eigenvalue weighted by atomic mass is 16.4. The number of nitrogens with zero attached hydrogens (tertiary/aromatic N) is 2. The van der Waals surface area contributed by atoms with Gasteiger partial charge in [-0.1, -0.05) is 6.92 Å². The Morgan fingerprint density at radius 3 is 2.44 bits per heavy atom. The van der Waals surface area contributed by atoms with E-state index in [4.69, 9.17) is 0 Å². The Morgan fingerprint density at radius 2 is 1.94 bits per heavy atom. The number of aryl methyl sites for hydroxylation is 1. The lowest BCUT2D eigenvalue weighted by Crippen LogP contribution is -2.49. The van der Waals surface area contributed by atoms with E-state index in [2.05, 4.69) is 22.2 Å². The predicted octanol–water partition coefficient (Wildman–Crippen LogP) is 2.23. The number of anilines is 1. The van der Waals surface area contributed by atoms with Crippen molar-refractivity contribution < 1.29 is 9.90 Å². The Hall–Kier alpha value is -1.65. The molecule has 1 aromatic heterocycles. The van der Waals surface area contributed by atoms with Gasteiger partial charge in [0.2, 0.25) is 5.95 Å². The lowest BCUT2D eigenvalue weighted by atomic mass is 9.77. The molecule has 0 unspecified atom stereocenters. The summed E-state index contributed by atoms with van der Waals surface area (Å²) in [5.41, 5.74) is 0.0593. The van der Waals surface area contributed by atoms with Gasteiger partial charge in [-0.25, -0.2) is 14.8 Å². The SMILES string of the molecule is Cc1cnc(NC2(C(=O)O)CCC(C)CC2)nc1. The molecule has 1 heterocycles. The van der Waals surface area contributed by atoms with Gasteiger partial charge < -0.3 is 10.4 Å². The van der Waals surface area contributed by atoms with E-state index in [1.54, 1.807) is 12.4 Å². The summed E-state index contributed by atoms with van der Waals surface area (Å²) in [6.45, 7) is 4.06. The van der Waals surface area contributed by atoms with Crippen LogP contribution < -0.4 is 5.32 Å². The topological polar surface area (TPSA) is 75.1 Å². The third kappa shape index (κ3) is 2.60. The first-order valence-electron chi connectivity index (χ1n) is 6.32. The first-order chi connectivity index (χ1) is 8.52. The van der Waals surface area contributed by atoms with Crippen LogP contribution >= 0.6 is 0 Å². The molecule has 98 valence electrons. The molecule has 5 heteroatoms. The number of aliphatic carboxylic acids is 1. The van der Waals surface area contributed by atoms with Crippen molar-refractivity contribution in [2.45, 2.75) is 45.1 Å². The van der Waals surface area contributed by atoms with Gasteiger partial charge in [-0.2, -0.15) is 0 Å². The maximum atomic E-state index is 11.5. The van der Waals surface area contributed by atoms with E-state index in [1.165, 1.54) is 0 Å². The van der Waals surface area contributed by atoms with Gasteiger partial charge in [0.15, 0.2) is 0 Å². The van der Waals surface area contributed by atoms with Crippen LogP contribution in [0.15, 0.2) is 12.4 Å². The van der Waals surface area contributed by atoms with Crippen molar-refractivity contribution in [1.29, 1.82) is 0 Å². The van der Waals surface area contributed by atoms with Gasteiger partial charge in [0.25, 0.3) is 0 Å². The van der Waals surface area contributed by atoms with E-state index in [-0.39, 0.29) is 0 Å². The first kappa shape index (κ1) is 12.8. The number of aromatic nitrogens is 2. The zero-order valence-electron chi connectivity index (χ0n) is 10.8. The molecule has 1 saturated carbocycles. The van der Waals surface area contributed by atoms with Crippen LogP contribution in [-0.4, -0.2) is 26.6 Å². The number of hydrogen-bond acceptors (Lipinski definition) is 4. The number of carbonyl (C=O) groups is 1. The molecule has 1 fully saturated rings. The second-order valence-corrected chi connectivity index (χ2v) is 5.28. The van der Waals surface area contributed by atoms with E-state index in [0.717, 1.165) is 18.4 Å². The average molecular weight is 249 g/mol. The summed E-state index contributed by atoms with van der Waals surface area (Å²) in [5.74, 6) is 0.189. The third-order valence-corrected chi connectivity index (χ3v) is 3.67. The van der Waals surface area contributed by atoms with E-state index in [1.807, 2.05) is 6.92 Å². The molecular weight excluding hydrogens is 230 g/mol. The van der Waals surface area contributed by atoms with Crippen molar-refractivity contribution in [2.75, 3.05) is 5.32 Å². The van der Waals surface area contributed by atoms with Crippen LogP contribution in [0.2, 0.25) is 0 Å². The highest BCUT2D eigenvalue weighted by Crippen LogP contribution is 2.34. The number of nitrogens with one attached hydrogen (secondary N) is 1. The fourth-order valence-corrected chi connectivity index (χ4v) is 2.32. The molecule has 0 aliphatic heterocycles. The third-order valence-electron chi connectivity index (χ3n) is 3.67. The van der Waals surface area contributed by atoms with E-state index in [0.29, 0.717) is 24.7 Å². The molecule has 0 spiro atoms. The molecule has 5 nitrogen and oxygen atoms in total. The summed E-state index contributed by atoms with van der Waals surface area (Å²) in [5, 5.41) is 12.5. The molecule has 0 saturated heterocycles. The highest BCUT2D eigenvalue weighted by molar-refractivity contribution is 5.82. The molecule has 0 bridgehead atoms. The van der Waals surface area contributed by atoms with Crippen molar-refractivity contribution in [3.05, 3.63) is 18.0 Å². The maximum Gasteiger partial charge on any atom is 0.329 e. The monoisotopic (exact) mass is 249 g/mol. The molecule has 0 aromatic carbocycles. The largest absolute Gasteiger partial charge is 0.480 e. The fraction of sp³-hybridized carbons (Fsp3) is 0.615. The summed E-state index contributed by atoms with van der Waals surface area (Å²) in [6.07, 6.45) is 6.48. The number of hydrogen-bond donors (Lipinski definition) is 2. The van der Waals surface area contributed by atoms with Crippen LogP contribution in [0.1, 0.15) is 38.2 Å². The molecule has 0 amide bonds. The van der Waals surface area contributed by atoms with Crippen LogP contribution in [0.3, 0.4) is 0 Å². The van der Waals surface area contributed by atoms with Crippen LogP contribution in [0.4, 0.5) is 5.95 Å². The fourth-order valence-electron chi connectivity index (χ4n) is 2.32. The van der Waals surface area contributed by atoms with Crippen molar-refractivity contribution >= 4 is 11.9 Å². The summed E-state index contributed by atoms with van der Waals surface area (Å²) < 4.78 is 0. The van der Waals surface area contributed by atoms with Crippen molar-refractivity contribution in [3.8, 4) is 0 Å². The van der Waals surface area contributed by atoms with Gasteiger partial charge in [0, 0.05) is 12.4 Å². The molecule has 0 atom stereocenters. The minimum Gasteiger partial charge on any atom is -0.480 e. The van der Waals surface area contributed by atoms with Crippen molar-refractivity contribution in [2.24, 2.45) is 5.92 Å². The van der Waals surface area contributed by atoms with Crippen LogP contribution in [-0.2, 0) is 4.79 Å². The van der Waals surface area contributed by atoms with Gasteiger partial charge in [-0.15, -0.1) is 0 Å². The lowest BCUT2D eigenvalue weighted by Gasteiger charge is -2.36. The highest BCUT2D eigenvalue weighted by Gasteiger charge is 2.41. The minimum atomic E-state index is -0.901. The molecule has 1 aliphatic carbocycles. The Kier molecular flexibility index (Phi) is 3.50. The van der Waals surface area contributed by atoms with Crippen LogP contribution in [0, 0.1) is 12.8 Å². The minimum absolute atomic E-state index is 0.401. The van der Waals surface area contributed by atoms with Gasteiger partial charge >= 0.3 is 5.97 Å². The summed E-state index contributed by atoms with van der Waals surface area (Å²) in [7, 11) is 0. The van der Waals surface area contributed by atoms with Crippen molar-refractivity contribution in [3.63, 3.8) is 0 Å². The molecular formula is C13H19N3O2. The molecule has 18 heavy (non-hydrogen) atoms. The van der Waals surface area contributed by atoms with Gasteiger partial charge in [-0.3, -0.25) is 0 Å².